The monoisotopic (exact) mass is 260 g/mol. The third-order valence-electron chi connectivity index (χ3n) is 3.23. The van der Waals surface area contributed by atoms with Crippen molar-refractivity contribution in [3.8, 4) is 0 Å². The molecule has 0 aliphatic carbocycles. The molecule has 1 heterocycles. The van der Waals surface area contributed by atoms with E-state index in [2.05, 4.69) is 54.2 Å². The third kappa shape index (κ3) is 3.82. The second-order valence-corrected chi connectivity index (χ2v) is 5.13. The minimum Gasteiger partial charge on any atom is -0.380 e. The van der Waals surface area contributed by atoms with E-state index in [1.165, 1.54) is 16.5 Å². The van der Waals surface area contributed by atoms with Gasteiger partial charge in [0.15, 0.2) is 0 Å². The van der Waals surface area contributed by atoms with E-state index < -0.39 is 0 Å². The fraction of sp³-hybridized carbons (Fsp3) is 0.500. The molecular formula is C16H24N2O. The number of ether oxygens (including phenoxy) is 1. The number of hydrogen-bond acceptors (Lipinski definition) is 2. The van der Waals surface area contributed by atoms with E-state index in [-0.39, 0.29) is 0 Å². The molecule has 2 aromatic rings. The zero-order valence-electron chi connectivity index (χ0n) is 12.1. The van der Waals surface area contributed by atoms with Gasteiger partial charge in [0.1, 0.15) is 0 Å². The zero-order valence-corrected chi connectivity index (χ0v) is 12.1. The minimum absolute atomic E-state index is 0.520. The second kappa shape index (κ2) is 6.73. The Labute approximate surface area is 115 Å². The molecular weight excluding hydrogens is 236 g/mol. The highest BCUT2D eigenvalue weighted by Crippen LogP contribution is 2.17. The van der Waals surface area contributed by atoms with E-state index in [4.69, 9.17) is 4.74 Å². The van der Waals surface area contributed by atoms with Crippen LogP contribution in [0, 0.1) is 0 Å². The van der Waals surface area contributed by atoms with Crippen molar-refractivity contribution in [2.75, 3.05) is 13.2 Å². The Morgan fingerprint density at radius 1 is 1.26 bits per heavy atom. The first-order chi connectivity index (χ1) is 9.20. The number of nitrogens with zero attached hydrogens (tertiary/aromatic N) is 1. The number of nitrogens with one attached hydrogen (secondary N) is 1. The molecule has 0 amide bonds. The van der Waals surface area contributed by atoms with Crippen molar-refractivity contribution in [1.82, 2.24) is 9.88 Å². The Kier molecular flexibility index (Phi) is 5.00. The van der Waals surface area contributed by atoms with E-state index in [1.807, 2.05) is 6.92 Å². The summed E-state index contributed by atoms with van der Waals surface area (Å²) in [7, 11) is 0. The maximum absolute atomic E-state index is 5.41. The highest BCUT2D eigenvalue weighted by Gasteiger charge is 2.02. The first kappa shape index (κ1) is 14.1. The zero-order chi connectivity index (χ0) is 13.7. The fourth-order valence-electron chi connectivity index (χ4n) is 2.18. The number of aromatic nitrogens is 1. The van der Waals surface area contributed by atoms with Gasteiger partial charge >= 0.3 is 0 Å². The number of hydrogen-bond donors (Lipinski definition) is 1. The highest BCUT2D eigenvalue weighted by molar-refractivity contribution is 5.80. The summed E-state index contributed by atoms with van der Waals surface area (Å²) in [5, 5.41) is 4.75. The van der Waals surface area contributed by atoms with Crippen LogP contribution in [0.3, 0.4) is 0 Å². The van der Waals surface area contributed by atoms with Gasteiger partial charge < -0.3 is 14.6 Å². The average molecular weight is 260 g/mol. The molecule has 0 aliphatic rings. The molecule has 0 bridgehead atoms. The summed E-state index contributed by atoms with van der Waals surface area (Å²) in [4.78, 5) is 0. The molecule has 0 aliphatic heterocycles. The molecule has 3 heteroatoms. The average Bonchev–Trinajstić information content (AvgIpc) is 2.79. The van der Waals surface area contributed by atoms with Gasteiger partial charge in [0.05, 0.1) is 6.61 Å². The lowest BCUT2D eigenvalue weighted by molar-refractivity contribution is 0.140. The summed E-state index contributed by atoms with van der Waals surface area (Å²) in [6.07, 6.45) is 2.14. The summed E-state index contributed by atoms with van der Waals surface area (Å²) in [6.45, 7) is 9.77. The smallest absolute Gasteiger partial charge is 0.0645 e. The van der Waals surface area contributed by atoms with Crippen LogP contribution in [0.15, 0.2) is 30.5 Å². The molecule has 2 rings (SSSR count). The van der Waals surface area contributed by atoms with Crippen molar-refractivity contribution in [3.05, 3.63) is 36.0 Å². The molecule has 1 aromatic carbocycles. The van der Waals surface area contributed by atoms with Crippen LogP contribution in [0.5, 0.6) is 0 Å². The van der Waals surface area contributed by atoms with Gasteiger partial charge in [-0.3, -0.25) is 0 Å². The lowest BCUT2D eigenvalue weighted by atomic mass is 10.1. The maximum atomic E-state index is 5.41. The largest absolute Gasteiger partial charge is 0.380 e. The van der Waals surface area contributed by atoms with Crippen LogP contribution < -0.4 is 5.32 Å². The minimum atomic E-state index is 0.520. The number of benzene rings is 1. The van der Waals surface area contributed by atoms with Crippen LogP contribution in [0.2, 0.25) is 0 Å². The molecule has 19 heavy (non-hydrogen) atoms. The maximum Gasteiger partial charge on any atom is 0.0645 e. The molecule has 0 spiro atoms. The van der Waals surface area contributed by atoms with Crippen molar-refractivity contribution in [2.45, 2.75) is 39.9 Å². The van der Waals surface area contributed by atoms with E-state index in [0.29, 0.717) is 6.04 Å². The molecule has 1 N–H and O–H groups in total. The van der Waals surface area contributed by atoms with E-state index in [9.17, 15) is 0 Å². The Morgan fingerprint density at radius 3 is 2.84 bits per heavy atom. The van der Waals surface area contributed by atoms with E-state index >= 15 is 0 Å². The van der Waals surface area contributed by atoms with Crippen LogP contribution >= 0.6 is 0 Å². The summed E-state index contributed by atoms with van der Waals surface area (Å²) in [6, 6.07) is 9.38. The van der Waals surface area contributed by atoms with Gasteiger partial charge in [-0.2, -0.15) is 0 Å². The molecule has 0 atom stereocenters. The van der Waals surface area contributed by atoms with Crippen LogP contribution in [0.25, 0.3) is 10.9 Å². The molecule has 0 saturated heterocycles. The van der Waals surface area contributed by atoms with E-state index in [1.54, 1.807) is 0 Å². The second-order valence-electron chi connectivity index (χ2n) is 5.13. The Bertz CT molecular complexity index is 516. The molecule has 0 unspecified atom stereocenters. The van der Waals surface area contributed by atoms with Gasteiger partial charge in [-0.25, -0.2) is 0 Å². The predicted octanol–water partition coefficient (Wildman–Crippen LogP) is 3.18. The van der Waals surface area contributed by atoms with Crippen molar-refractivity contribution in [2.24, 2.45) is 0 Å². The summed E-state index contributed by atoms with van der Waals surface area (Å²) in [5.41, 5.74) is 2.62. The summed E-state index contributed by atoms with van der Waals surface area (Å²) in [5.74, 6) is 0. The van der Waals surface area contributed by atoms with Crippen molar-refractivity contribution >= 4 is 10.9 Å². The molecule has 104 valence electrons. The van der Waals surface area contributed by atoms with Crippen molar-refractivity contribution in [3.63, 3.8) is 0 Å². The van der Waals surface area contributed by atoms with Gasteiger partial charge in [-0.1, -0.05) is 19.9 Å². The topological polar surface area (TPSA) is 26.2 Å². The van der Waals surface area contributed by atoms with Crippen molar-refractivity contribution in [1.29, 1.82) is 0 Å². The van der Waals surface area contributed by atoms with Crippen LogP contribution in [-0.4, -0.2) is 23.8 Å². The normalized spacial score (nSPS) is 11.6. The molecule has 1 aromatic heterocycles. The predicted molar refractivity (Wildman–Crippen MR) is 80.4 cm³/mol. The summed E-state index contributed by atoms with van der Waals surface area (Å²) < 4.78 is 7.67. The van der Waals surface area contributed by atoms with Gasteiger partial charge in [-0.05, 0) is 36.1 Å². The highest BCUT2D eigenvalue weighted by atomic mass is 16.5. The van der Waals surface area contributed by atoms with E-state index in [0.717, 1.165) is 26.3 Å². The van der Waals surface area contributed by atoms with Crippen LogP contribution in [0.1, 0.15) is 26.3 Å². The van der Waals surface area contributed by atoms with Gasteiger partial charge in [0.25, 0.3) is 0 Å². The lowest BCUT2D eigenvalue weighted by Crippen LogP contribution is -2.21. The summed E-state index contributed by atoms with van der Waals surface area (Å²) >= 11 is 0. The molecule has 0 fully saturated rings. The van der Waals surface area contributed by atoms with Crippen LogP contribution in [0.4, 0.5) is 0 Å². The first-order valence-corrected chi connectivity index (χ1v) is 7.09. The standard InChI is InChI=1S/C16H24N2O/c1-4-19-10-9-18-8-7-15-11-14(5-6-16(15)18)12-17-13(2)3/h5-8,11,13,17H,4,9-10,12H2,1-3H3. The lowest BCUT2D eigenvalue weighted by Gasteiger charge is -2.09. The SMILES string of the molecule is CCOCCn1ccc2cc(CNC(C)C)ccc21. The fourth-order valence-corrected chi connectivity index (χ4v) is 2.18. The third-order valence-corrected chi connectivity index (χ3v) is 3.23. The number of rotatable bonds is 7. The van der Waals surface area contributed by atoms with Gasteiger partial charge in [-0.15, -0.1) is 0 Å². The number of fused-ring (bicyclic) bond motifs is 1. The Balaban J connectivity index is 2.08. The quantitative estimate of drug-likeness (QED) is 0.774. The molecule has 0 saturated carbocycles. The first-order valence-electron chi connectivity index (χ1n) is 7.09. The molecule has 0 radical (unpaired) electrons. The van der Waals surface area contributed by atoms with Crippen molar-refractivity contribution < 1.29 is 4.74 Å². The van der Waals surface area contributed by atoms with Crippen LogP contribution in [-0.2, 0) is 17.8 Å². The Hall–Kier alpha value is -1.32. The Morgan fingerprint density at radius 2 is 2.11 bits per heavy atom. The molecule has 3 nitrogen and oxygen atoms in total. The van der Waals surface area contributed by atoms with Gasteiger partial charge in [0.2, 0.25) is 0 Å². The van der Waals surface area contributed by atoms with Gasteiger partial charge in [0, 0.05) is 37.5 Å².